The van der Waals surface area contributed by atoms with E-state index >= 15 is 0 Å². The molecule has 29 heavy (non-hydrogen) atoms. The molecule has 0 saturated carbocycles. The molecule has 1 N–H and O–H groups in total. The quantitative estimate of drug-likeness (QED) is 0.633. The van der Waals surface area contributed by atoms with E-state index in [4.69, 9.17) is 21.1 Å². The van der Waals surface area contributed by atoms with Gasteiger partial charge in [0.15, 0.2) is 0 Å². The molecule has 2 aromatic carbocycles. The summed E-state index contributed by atoms with van der Waals surface area (Å²) in [6, 6.07) is 15.8. The molecule has 2 aromatic rings. The van der Waals surface area contributed by atoms with Gasteiger partial charge in [0.25, 0.3) is 0 Å². The van der Waals surface area contributed by atoms with Crippen LogP contribution < -0.4 is 4.74 Å². The Morgan fingerprint density at radius 3 is 2.34 bits per heavy atom. The van der Waals surface area contributed by atoms with Gasteiger partial charge in [0.05, 0.1) is 25.9 Å². The average Bonchev–Trinajstić information content (AvgIpc) is 2.77. The van der Waals surface area contributed by atoms with E-state index in [1.165, 1.54) is 0 Å². The number of rotatable bonds is 9. The van der Waals surface area contributed by atoms with Crippen LogP contribution in [-0.4, -0.2) is 50.0 Å². The molecule has 2 atom stereocenters. The van der Waals surface area contributed by atoms with E-state index in [-0.39, 0.29) is 5.92 Å². The second-order valence-corrected chi connectivity index (χ2v) is 8.21. The number of unbranched alkanes of at least 4 members (excludes halogenated alkanes) is 1. The lowest BCUT2D eigenvalue weighted by Gasteiger charge is -2.41. The normalized spacial score (nSPS) is 18.2. The molecule has 1 saturated heterocycles. The molecule has 1 aliphatic heterocycles. The van der Waals surface area contributed by atoms with Crippen LogP contribution in [0.1, 0.15) is 43.2 Å². The summed E-state index contributed by atoms with van der Waals surface area (Å²) >= 11 is 6.15. The monoisotopic (exact) mass is 417 g/mol. The second kappa shape index (κ2) is 10.4. The molecule has 4 nitrogen and oxygen atoms in total. The first-order valence-corrected chi connectivity index (χ1v) is 10.9. The SMILES string of the molecule is CCCC[C@](O)(c1ccc(OC)cc1)[C@H](CN1CCOCC1)c1ccc(Cl)cc1. The van der Waals surface area contributed by atoms with Crippen LogP contribution in [0, 0.1) is 0 Å². The lowest BCUT2D eigenvalue weighted by molar-refractivity contribution is -0.0293. The third-order valence-corrected chi connectivity index (χ3v) is 6.15. The molecule has 0 radical (unpaired) electrons. The van der Waals surface area contributed by atoms with Gasteiger partial charge in [-0.15, -0.1) is 0 Å². The molecule has 0 unspecified atom stereocenters. The van der Waals surface area contributed by atoms with Crippen molar-refractivity contribution in [1.82, 2.24) is 4.90 Å². The van der Waals surface area contributed by atoms with Gasteiger partial charge in [-0.2, -0.15) is 0 Å². The highest BCUT2D eigenvalue weighted by molar-refractivity contribution is 6.30. The third-order valence-electron chi connectivity index (χ3n) is 5.89. The molecule has 3 rings (SSSR count). The molecular weight excluding hydrogens is 386 g/mol. The number of hydrogen-bond donors (Lipinski definition) is 1. The van der Waals surface area contributed by atoms with Gasteiger partial charge in [-0.3, -0.25) is 4.90 Å². The molecule has 5 heteroatoms. The lowest BCUT2D eigenvalue weighted by atomic mass is 9.74. The smallest absolute Gasteiger partial charge is 0.118 e. The maximum absolute atomic E-state index is 12.2. The van der Waals surface area contributed by atoms with Gasteiger partial charge >= 0.3 is 0 Å². The average molecular weight is 418 g/mol. The van der Waals surface area contributed by atoms with E-state index in [9.17, 15) is 5.11 Å². The molecule has 0 bridgehead atoms. The minimum Gasteiger partial charge on any atom is -0.497 e. The standard InChI is InChI=1S/C24H32ClNO3/c1-3-4-13-24(27,20-7-11-22(28-2)12-8-20)23(18-26-14-16-29-17-15-26)19-5-9-21(25)10-6-19/h5-12,23,27H,3-4,13-18H2,1-2H3/t23-,24+/m1/s1. The fourth-order valence-electron chi connectivity index (χ4n) is 4.11. The van der Waals surface area contributed by atoms with Gasteiger partial charge in [0.1, 0.15) is 5.75 Å². The molecule has 0 aliphatic carbocycles. The fraction of sp³-hybridized carbons (Fsp3) is 0.500. The van der Waals surface area contributed by atoms with Gasteiger partial charge in [0.2, 0.25) is 0 Å². The van der Waals surface area contributed by atoms with Crippen LogP contribution in [0.25, 0.3) is 0 Å². The summed E-state index contributed by atoms with van der Waals surface area (Å²) < 4.78 is 10.9. The molecule has 0 aromatic heterocycles. The molecule has 0 amide bonds. The van der Waals surface area contributed by atoms with Gasteiger partial charge < -0.3 is 14.6 Å². The van der Waals surface area contributed by atoms with Crippen molar-refractivity contribution in [3.63, 3.8) is 0 Å². The predicted molar refractivity (Wildman–Crippen MR) is 118 cm³/mol. The minimum absolute atomic E-state index is 0.0715. The van der Waals surface area contributed by atoms with Crippen molar-refractivity contribution in [3.8, 4) is 5.75 Å². The highest BCUT2D eigenvalue weighted by atomic mass is 35.5. The van der Waals surface area contributed by atoms with Crippen LogP contribution in [-0.2, 0) is 10.3 Å². The molecule has 1 heterocycles. The number of benzene rings is 2. The van der Waals surface area contributed by atoms with Crippen LogP contribution in [0.15, 0.2) is 48.5 Å². The summed E-state index contributed by atoms with van der Waals surface area (Å²) in [5.41, 5.74) is 1.06. The Hall–Kier alpha value is -1.59. The summed E-state index contributed by atoms with van der Waals surface area (Å²) in [7, 11) is 1.66. The fourth-order valence-corrected chi connectivity index (χ4v) is 4.24. The van der Waals surface area contributed by atoms with E-state index < -0.39 is 5.60 Å². The number of aliphatic hydroxyl groups is 1. The van der Waals surface area contributed by atoms with Crippen molar-refractivity contribution in [2.24, 2.45) is 0 Å². The predicted octanol–water partition coefficient (Wildman–Crippen LogP) is 4.84. The van der Waals surface area contributed by atoms with Crippen molar-refractivity contribution >= 4 is 11.6 Å². The van der Waals surface area contributed by atoms with Gasteiger partial charge in [-0.05, 0) is 41.8 Å². The number of ether oxygens (including phenoxy) is 2. The van der Waals surface area contributed by atoms with Gasteiger partial charge in [0, 0.05) is 30.6 Å². The van der Waals surface area contributed by atoms with Crippen LogP contribution in [0.5, 0.6) is 5.75 Å². The number of morpholine rings is 1. The molecular formula is C24H32ClNO3. The van der Waals surface area contributed by atoms with E-state index in [0.29, 0.717) is 11.4 Å². The topological polar surface area (TPSA) is 41.9 Å². The highest BCUT2D eigenvalue weighted by Crippen LogP contribution is 2.42. The van der Waals surface area contributed by atoms with E-state index in [0.717, 1.165) is 62.6 Å². The first kappa shape index (κ1) is 22.1. The zero-order valence-electron chi connectivity index (χ0n) is 17.4. The van der Waals surface area contributed by atoms with Crippen LogP contribution >= 0.6 is 11.6 Å². The first-order chi connectivity index (χ1) is 14.1. The number of methoxy groups -OCH3 is 1. The Balaban J connectivity index is 2.00. The van der Waals surface area contributed by atoms with E-state index in [1.54, 1.807) is 7.11 Å². The second-order valence-electron chi connectivity index (χ2n) is 7.77. The Bertz CT molecular complexity index is 744. The molecule has 1 aliphatic rings. The minimum atomic E-state index is -0.978. The van der Waals surface area contributed by atoms with Crippen LogP contribution in [0.4, 0.5) is 0 Å². The Morgan fingerprint density at radius 1 is 1.10 bits per heavy atom. The number of hydrogen-bond acceptors (Lipinski definition) is 4. The number of nitrogens with zero attached hydrogens (tertiary/aromatic N) is 1. The number of halogens is 1. The largest absolute Gasteiger partial charge is 0.497 e. The zero-order valence-corrected chi connectivity index (χ0v) is 18.2. The molecule has 0 spiro atoms. The maximum atomic E-state index is 12.2. The maximum Gasteiger partial charge on any atom is 0.118 e. The van der Waals surface area contributed by atoms with Crippen molar-refractivity contribution in [2.75, 3.05) is 40.0 Å². The zero-order chi connectivity index (χ0) is 20.7. The summed E-state index contributed by atoms with van der Waals surface area (Å²) in [6.45, 7) is 6.19. The highest BCUT2D eigenvalue weighted by Gasteiger charge is 2.40. The van der Waals surface area contributed by atoms with Crippen LogP contribution in [0.2, 0.25) is 5.02 Å². The van der Waals surface area contributed by atoms with Gasteiger partial charge in [-0.1, -0.05) is 55.6 Å². The van der Waals surface area contributed by atoms with E-state index in [2.05, 4.69) is 11.8 Å². The van der Waals surface area contributed by atoms with Crippen molar-refractivity contribution in [1.29, 1.82) is 0 Å². The first-order valence-electron chi connectivity index (χ1n) is 10.5. The van der Waals surface area contributed by atoms with Crippen molar-refractivity contribution < 1.29 is 14.6 Å². The molecule has 1 fully saturated rings. The summed E-state index contributed by atoms with van der Waals surface area (Å²) in [5, 5.41) is 12.9. The van der Waals surface area contributed by atoms with Gasteiger partial charge in [-0.25, -0.2) is 0 Å². The summed E-state index contributed by atoms with van der Waals surface area (Å²) in [6.07, 6.45) is 2.69. The summed E-state index contributed by atoms with van der Waals surface area (Å²) in [5.74, 6) is 0.723. The summed E-state index contributed by atoms with van der Waals surface area (Å²) in [4.78, 5) is 2.39. The van der Waals surface area contributed by atoms with E-state index in [1.807, 2.05) is 48.5 Å². The third kappa shape index (κ3) is 5.52. The Morgan fingerprint density at radius 2 is 1.76 bits per heavy atom. The van der Waals surface area contributed by atoms with Crippen LogP contribution in [0.3, 0.4) is 0 Å². The van der Waals surface area contributed by atoms with Crippen molar-refractivity contribution in [2.45, 2.75) is 37.7 Å². The lowest BCUT2D eigenvalue weighted by Crippen LogP contribution is -2.45. The molecule has 158 valence electrons. The Kier molecular flexibility index (Phi) is 7.96. The van der Waals surface area contributed by atoms with Crippen molar-refractivity contribution in [3.05, 3.63) is 64.7 Å². The Labute approximate surface area is 179 Å².